The highest BCUT2D eigenvalue weighted by Gasteiger charge is 2.24. The van der Waals surface area contributed by atoms with Crippen LogP contribution in [0.1, 0.15) is 71.7 Å². The molecule has 0 aliphatic carbocycles. The first kappa shape index (κ1) is 18.7. The molecule has 1 heterocycles. The van der Waals surface area contributed by atoms with Gasteiger partial charge >= 0.3 is 5.97 Å². The Bertz CT molecular complexity index is 704. The van der Waals surface area contributed by atoms with Crippen LogP contribution in [-0.4, -0.2) is 34.4 Å². The van der Waals surface area contributed by atoms with E-state index in [1.165, 1.54) is 6.08 Å². The largest absolute Gasteiger partial charge is 0.507 e. The number of ether oxygens (including phenoxy) is 1. The fourth-order valence-corrected chi connectivity index (χ4v) is 2.83. The highest BCUT2D eigenvalue weighted by atomic mass is 16.5. The number of ketones is 1. The van der Waals surface area contributed by atoms with Crippen LogP contribution in [0, 0.1) is 0 Å². The Morgan fingerprint density at radius 3 is 2.60 bits per heavy atom. The average Bonchev–Trinajstić information content (AvgIpc) is 2.53. The van der Waals surface area contributed by atoms with E-state index in [9.17, 15) is 24.6 Å². The lowest BCUT2D eigenvalue weighted by molar-refractivity contribution is -0.119. The van der Waals surface area contributed by atoms with Crippen molar-refractivity contribution in [1.82, 2.24) is 0 Å². The number of carbonyl (C=O) groups is 3. The van der Waals surface area contributed by atoms with Crippen LogP contribution in [0.2, 0.25) is 0 Å². The molecule has 2 N–H and O–H groups in total. The standard InChI is InChI=1S/C19H22O6/c1-12-6-5-8-13(21)7-3-2-4-9-14-15(11-20)16(22)10-17(23)18(14)19(24)25-12/h4,9-12,22-23H,2-3,5-8H2,1H3/b9-4+/t12-/m0/s1. The summed E-state index contributed by atoms with van der Waals surface area (Å²) in [7, 11) is 0. The lowest BCUT2D eigenvalue weighted by Crippen LogP contribution is -2.17. The van der Waals surface area contributed by atoms with Gasteiger partial charge in [0.25, 0.3) is 0 Å². The summed E-state index contributed by atoms with van der Waals surface area (Å²) >= 11 is 0. The first-order chi connectivity index (χ1) is 11.9. The van der Waals surface area contributed by atoms with Gasteiger partial charge < -0.3 is 14.9 Å². The minimum atomic E-state index is -0.767. The summed E-state index contributed by atoms with van der Waals surface area (Å²) < 4.78 is 5.34. The maximum absolute atomic E-state index is 12.5. The molecule has 134 valence electrons. The number of aldehydes is 1. The molecule has 2 rings (SSSR count). The van der Waals surface area contributed by atoms with Crippen molar-refractivity contribution in [2.45, 2.75) is 51.6 Å². The van der Waals surface area contributed by atoms with Crippen molar-refractivity contribution < 1.29 is 29.3 Å². The molecule has 1 aliphatic heterocycles. The predicted molar refractivity (Wildman–Crippen MR) is 91.8 cm³/mol. The number of phenols is 2. The molecular weight excluding hydrogens is 324 g/mol. The second kappa shape index (κ2) is 8.46. The molecule has 1 aromatic rings. The lowest BCUT2D eigenvalue weighted by Gasteiger charge is -2.16. The number of fused-ring (bicyclic) bond motifs is 1. The van der Waals surface area contributed by atoms with E-state index in [1.54, 1.807) is 13.0 Å². The molecule has 6 heteroatoms. The first-order valence-electron chi connectivity index (χ1n) is 8.37. The van der Waals surface area contributed by atoms with E-state index in [-0.39, 0.29) is 22.5 Å². The van der Waals surface area contributed by atoms with Crippen LogP contribution in [0.15, 0.2) is 12.1 Å². The lowest BCUT2D eigenvalue weighted by atomic mass is 9.97. The summed E-state index contributed by atoms with van der Waals surface area (Å²) in [5, 5.41) is 20.0. The fraction of sp³-hybridized carbons (Fsp3) is 0.421. The normalized spacial score (nSPS) is 20.9. The number of Topliss-reactive ketones (excluding diaryl/α,β-unsaturated/α-hetero) is 1. The molecule has 25 heavy (non-hydrogen) atoms. The van der Waals surface area contributed by atoms with E-state index in [0.717, 1.165) is 6.07 Å². The monoisotopic (exact) mass is 346 g/mol. The van der Waals surface area contributed by atoms with Gasteiger partial charge in [0.05, 0.1) is 11.7 Å². The van der Waals surface area contributed by atoms with E-state index < -0.39 is 23.6 Å². The molecule has 0 bridgehead atoms. The van der Waals surface area contributed by atoms with E-state index in [4.69, 9.17) is 4.74 Å². The molecule has 0 spiro atoms. The molecule has 0 amide bonds. The van der Waals surface area contributed by atoms with Crippen LogP contribution < -0.4 is 0 Å². The van der Waals surface area contributed by atoms with Gasteiger partial charge in [-0.2, -0.15) is 0 Å². The second-order valence-electron chi connectivity index (χ2n) is 6.18. The summed E-state index contributed by atoms with van der Waals surface area (Å²) in [6.07, 6.45) is 6.51. The summed E-state index contributed by atoms with van der Waals surface area (Å²) in [6.45, 7) is 1.71. The summed E-state index contributed by atoms with van der Waals surface area (Å²) in [5.41, 5.74) is -0.110. The summed E-state index contributed by atoms with van der Waals surface area (Å²) in [6, 6.07) is 0.962. The van der Waals surface area contributed by atoms with Crippen LogP contribution in [0.3, 0.4) is 0 Å². The van der Waals surface area contributed by atoms with Gasteiger partial charge in [-0.1, -0.05) is 12.2 Å². The van der Waals surface area contributed by atoms with Crippen molar-refractivity contribution in [1.29, 1.82) is 0 Å². The third-order valence-corrected chi connectivity index (χ3v) is 4.17. The number of cyclic esters (lactones) is 1. The maximum Gasteiger partial charge on any atom is 0.342 e. The van der Waals surface area contributed by atoms with Gasteiger partial charge in [-0.05, 0) is 32.6 Å². The molecule has 0 saturated heterocycles. The van der Waals surface area contributed by atoms with Crippen molar-refractivity contribution in [2.24, 2.45) is 0 Å². The van der Waals surface area contributed by atoms with Gasteiger partial charge in [-0.25, -0.2) is 4.79 Å². The molecule has 0 radical (unpaired) electrons. The summed E-state index contributed by atoms with van der Waals surface area (Å²) in [5.74, 6) is -1.44. The summed E-state index contributed by atoms with van der Waals surface area (Å²) in [4.78, 5) is 35.6. The number of benzene rings is 1. The van der Waals surface area contributed by atoms with Crippen LogP contribution in [0.4, 0.5) is 0 Å². The molecule has 1 aliphatic rings. The number of phenolic OH excluding ortho intramolecular Hbond substituents is 2. The number of rotatable bonds is 1. The van der Waals surface area contributed by atoms with Crippen LogP contribution in [0.25, 0.3) is 6.08 Å². The SMILES string of the molecule is C[C@H]1CCCC(=O)CCC/C=C/c2c(C=O)c(O)cc(O)c2C(=O)O1. The highest BCUT2D eigenvalue weighted by molar-refractivity contribution is 6.01. The first-order valence-corrected chi connectivity index (χ1v) is 8.37. The van der Waals surface area contributed by atoms with E-state index in [1.807, 2.05) is 0 Å². The van der Waals surface area contributed by atoms with E-state index in [0.29, 0.717) is 44.8 Å². The third-order valence-electron chi connectivity index (χ3n) is 4.17. The number of hydrogen-bond donors (Lipinski definition) is 2. The van der Waals surface area contributed by atoms with Crippen molar-refractivity contribution >= 4 is 24.1 Å². The number of esters is 1. The van der Waals surface area contributed by atoms with Crippen LogP contribution >= 0.6 is 0 Å². The van der Waals surface area contributed by atoms with Gasteiger partial charge in [-0.15, -0.1) is 0 Å². The topological polar surface area (TPSA) is 101 Å². The quantitative estimate of drug-likeness (QED) is 0.597. The Kier molecular flexibility index (Phi) is 6.33. The van der Waals surface area contributed by atoms with Gasteiger partial charge in [0, 0.05) is 24.5 Å². The molecule has 0 unspecified atom stereocenters. The molecule has 0 fully saturated rings. The zero-order chi connectivity index (χ0) is 18.4. The number of aromatic hydroxyl groups is 2. The Balaban J connectivity index is 2.47. The number of allylic oxidation sites excluding steroid dienone is 1. The predicted octanol–water partition coefficient (Wildman–Crippen LogP) is 3.39. The van der Waals surface area contributed by atoms with Crippen LogP contribution in [-0.2, 0) is 9.53 Å². The average molecular weight is 346 g/mol. The van der Waals surface area contributed by atoms with Crippen molar-refractivity contribution in [3.8, 4) is 11.5 Å². The Hall–Kier alpha value is -2.63. The van der Waals surface area contributed by atoms with Crippen molar-refractivity contribution in [3.63, 3.8) is 0 Å². The maximum atomic E-state index is 12.5. The van der Waals surface area contributed by atoms with Gasteiger partial charge in [0.2, 0.25) is 0 Å². The highest BCUT2D eigenvalue weighted by Crippen LogP contribution is 2.33. The number of hydrogen-bond acceptors (Lipinski definition) is 6. The minimum absolute atomic E-state index is 0.0863. The molecule has 1 aromatic carbocycles. The van der Waals surface area contributed by atoms with Crippen LogP contribution in [0.5, 0.6) is 11.5 Å². The smallest absolute Gasteiger partial charge is 0.342 e. The van der Waals surface area contributed by atoms with Crippen molar-refractivity contribution in [3.05, 3.63) is 28.8 Å². The Morgan fingerprint density at radius 1 is 1.16 bits per heavy atom. The molecule has 6 nitrogen and oxygen atoms in total. The molecule has 1 atom stereocenters. The van der Waals surface area contributed by atoms with Gasteiger partial charge in [0.1, 0.15) is 22.8 Å². The zero-order valence-corrected chi connectivity index (χ0v) is 14.2. The Morgan fingerprint density at radius 2 is 1.88 bits per heavy atom. The molecule has 0 saturated carbocycles. The Labute approximate surface area is 146 Å². The fourth-order valence-electron chi connectivity index (χ4n) is 2.83. The molecular formula is C19H22O6. The minimum Gasteiger partial charge on any atom is -0.507 e. The molecule has 0 aromatic heterocycles. The second-order valence-corrected chi connectivity index (χ2v) is 6.18. The van der Waals surface area contributed by atoms with E-state index in [2.05, 4.69) is 0 Å². The van der Waals surface area contributed by atoms with Gasteiger partial charge in [0.15, 0.2) is 6.29 Å². The van der Waals surface area contributed by atoms with E-state index >= 15 is 0 Å². The number of carbonyl (C=O) groups excluding carboxylic acids is 3. The van der Waals surface area contributed by atoms with Gasteiger partial charge in [-0.3, -0.25) is 9.59 Å². The zero-order valence-electron chi connectivity index (χ0n) is 14.2. The third kappa shape index (κ3) is 4.68. The van der Waals surface area contributed by atoms with Crippen molar-refractivity contribution in [2.75, 3.05) is 0 Å².